The van der Waals surface area contributed by atoms with Crippen molar-refractivity contribution in [1.29, 1.82) is 0 Å². The molecule has 0 aliphatic carbocycles. The minimum atomic E-state index is -0.877. The fraction of sp³-hybridized carbons (Fsp3) is 0.0909. The number of nitro benzene ring substituents is 1. The quantitative estimate of drug-likeness (QED) is 0.401. The third-order valence-electron chi connectivity index (χ3n) is 2.23. The van der Waals surface area contributed by atoms with Crippen LogP contribution < -0.4 is 5.56 Å². The molecule has 0 amide bonds. The second kappa shape index (κ2) is 5.61. The number of benzene rings is 1. The third-order valence-corrected chi connectivity index (χ3v) is 3.19. The molecule has 0 unspecified atom stereocenters. The molecule has 0 saturated heterocycles. The van der Waals surface area contributed by atoms with Crippen LogP contribution in [0.15, 0.2) is 40.4 Å². The van der Waals surface area contributed by atoms with Gasteiger partial charge >= 0.3 is 5.69 Å². The number of aromatic amines is 1. The summed E-state index contributed by atoms with van der Waals surface area (Å²) in [5.41, 5.74) is -0.257. The van der Waals surface area contributed by atoms with Gasteiger partial charge in [-0.1, -0.05) is 17.8 Å². The molecule has 0 spiro atoms. The highest BCUT2D eigenvalue weighted by atomic mass is 32.2. The van der Waals surface area contributed by atoms with E-state index >= 15 is 0 Å². The minimum absolute atomic E-state index is 0.271. The molecule has 0 bridgehead atoms. The number of nitrogens with one attached hydrogen (secondary N) is 1. The monoisotopic (exact) mass is 281 g/mol. The van der Waals surface area contributed by atoms with Gasteiger partial charge in [0.2, 0.25) is 5.82 Å². The van der Waals surface area contributed by atoms with Gasteiger partial charge in [-0.2, -0.15) is 4.39 Å². The number of nitro groups is 1. The fourth-order valence-corrected chi connectivity index (χ4v) is 2.16. The van der Waals surface area contributed by atoms with Gasteiger partial charge in [0.25, 0.3) is 5.56 Å². The first-order valence-electron chi connectivity index (χ1n) is 5.17. The highest BCUT2D eigenvalue weighted by Gasteiger charge is 2.13. The zero-order chi connectivity index (χ0) is 13.8. The van der Waals surface area contributed by atoms with Crippen LogP contribution in [0.4, 0.5) is 10.1 Å². The molecule has 1 heterocycles. The Labute approximate surface area is 110 Å². The molecule has 0 atom stereocenters. The molecule has 0 aliphatic heterocycles. The number of hydrogen-bond donors (Lipinski definition) is 1. The second-order valence-electron chi connectivity index (χ2n) is 3.57. The van der Waals surface area contributed by atoms with Crippen molar-refractivity contribution in [3.05, 3.63) is 62.3 Å². The molecule has 8 heteroatoms. The van der Waals surface area contributed by atoms with E-state index in [2.05, 4.69) is 9.97 Å². The van der Waals surface area contributed by atoms with Gasteiger partial charge in [-0.05, 0) is 11.6 Å². The molecule has 6 nitrogen and oxygen atoms in total. The summed E-state index contributed by atoms with van der Waals surface area (Å²) in [6.07, 6.45) is 1.37. The minimum Gasteiger partial charge on any atom is -0.301 e. The second-order valence-corrected chi connectivity index (χ2v) is 4.53. The van der Waals surface area contributed by atoms with Crippen LogP contribution >= 0.6 is 11.8 Å². The van der Waals surface area contributed by atoms with Crippen molar-refractivity contribution < 1.29 is 9.31 Å². The van der Waals surface area contributed by atoms with E-state index in [0.717, 1.165) is 12.1 Å². The molecule has 0 aliphatic rings. The first-order chi connectivity index (χ1) is 9.06. The average molecular weight is 281 g/mol. The van der Waals surface area contributed by atoms with Crippen LogP contribution in [0, 0.1) is 15.9 Å². The normalized spacial score (nSPS) is 10.4. The van der Waals surface area contributed by atoms with Crippen LogP contribution in [0.1, 0.15) is 5.56 Å². The maximum Gasteiger partial charge on any atom is 0.304 e. The Morgan fingerprint density at radius 1 is 1.42 bits per heavy atom. The van der Waals surface area contributed by atoms with E-state index in [1.807, 2.05) is 0 Å². The molecule has 19 heavy (non-hydrogen) atoms. The summed E-state index contributed by atoms with van der Waals surface area (Å²) in [7, 11) is 0. The molecular formula is C11H8FN3O3S. The molecule has 1 aromatic heterocycles. The summed E-state index contributed by atoms with van der Waals surface area (Å²) >= 11 is 1.21. The van der Waals surface area contributed by atoms with Crippen molar-refractivity contribution in [1.82, 2.24) is 9.97 Å². The molecular weight excluding hydrogens is 273 g/mol. The van der Waals surface area contributed by atoms with E-state index in [-0.39, 0.29) is 5.56 Å². The lowest BCUT2D eigenvalue weighted by atomic mass is 10.2. The summed E-state index contributed by atoms with van der Waals surface area (Å²) in [4.78, 5) is 27.2. The SMILES string of the molecule is O=c1ccnc(SCc2ccc([N+](=O)[O-])c(F)c2)[nH]1. The smallest absolute Gasteiger partial charge is 0.301 e. The van der Waals surface area contributed by atoms with Gasteiger partial charge in [0.05, 0.1) is 4.92 Å². The summed E-state index contributed by atoms with van der Waals surface area (Å²) in [6, 6.07) is 4.98. The van der Waals surface area contributed by atoms with E-state index in [4.69, 9.17) is 0 Å². The van der Waals surface area contributed by atoms with E-state index < -0.39 is 16.4 Å². The van der Waals surface area contributed by atoms with Crippen LogP contribution in [0.25, 0.3) is 0 Å². The van der Waals surface area contributed by atoms with Gasteiger partial charge in [0.1, 0.15) is 0 Å². The summed E-state index contributed by atoms with van der Waals surface area (Å²) in [6.45, 7) is 0. The topological polar surface area (TPSA) is 88.9 Å². The van der Waals surface area contributed by atoms with Gasteiger partial charge in [-0.15, -0.1) is 0 Å². The Hall–Kier alpha value is -2.22. The van der Waals surface area contributed by atoms with Crippen molar-refractivity contribution in [2.24, 2.45) is 0 Å². The highest BCUT2D eigenvalue weighted by Crippen LogP contribution is 2.22. The molecule has 0 fully saturated rings. The lowest BCUT2D eigenvalue weighted by molar-refractivity contribution is -0.387. The fourth-order valence-electron chi connectivity index (χ4n) is 1.37. The molecule has 98 valence electrons. The van der Waals surface area contributed by atoms with E-state index in [0.29, 0.717) is 16.5 Å². The van der Waals surface area contributed by atoms with Crippen molar-refractivity contribution in [3.8, 4) is 0 Å². The lowest BCUT2D eigenvalue weighted by Crippen LogP contribution is -2.05. The molecule has 0 radical (unpaired) electrons. The zero-order valence-electron chi connectivity index (χ0n) is 9.50. The number of thioether (sulfide) groups is 1. The van der Waals surface area contributed by atoms with E-state index in [9.17, 15) is 19.3 Å². The summed E-state index contributed by atoms with van der Waals surface area (Å²) < 4.78 is 13.4. The Morgan fingerprint density at radius 2 is 2.21 bits per heavy atom. The maximum atomic E-state index is 13.4. The number of nitrogens with zero attached hydrogens (tertiary/aromatic N) is 2. The first kappa shape index (κ1) is 13.2. The Bertz CT molecular complexity index is 674. The van der Waals surface area contributed by atoms with Crippen molar-refractivity contribution >= 4 is 17.4 Å². The van der Waals surface area contributed by atoms with Crippen molar-refractivity contribution in [2.45, 2.75) is 10.9 Å². The standard InChI is InChI=1S/C11H8FN3O3S/c12-8-5-7(1-2-9(8)15(17)18)6-19-11-13-4-3-10(16)14-11/h1-5H,6H2,(H,13,14,16). The number of aromatic nitrogens is 2. The van der Waals surface area contributed by atoms with Gasteiger partial charge in [0.15, 0.2) is 5.16 Å². The first-order valence-corrected chi connectivity index (χ1v) is 6.16. The van der Waals surface area contributed by atoms with E-state index in [1.165, 1.54) is 30.1 Å². The highest BCUT2D eigenvalue weighted by molar-refractivity contribution is 7.98. The third kappa shape index (κ3) is 3.38. The summed E-state index contributed by atoms with van der Waals surface area (Å²) in [5, 5.41) is 10.9. The van der Waals surface area contributed by atoms with Crippen LogP contribution in [-0.2, 0) is 5.75 Å². The summed E-state index contributed by atoms with van der Waals surface area (Å²) in [5.74, 6) is -0.528. The van der Waals surface area contributed by atoms with E-state index in [1.54, 1.807) is 0 Å². The van der Waals surface area contributed by atoms with Crippen LogP contribution in [0.5, 0.6) is 0 Å². The van der Waals surface area contributed by atoms with Gasteiger partial charge in [-0.3, -0.25) is 14.9 Å². The van der Waals surface area contributed by atoms with Crippen LogP contribution in [-0.4, -0.2) is 14.9 Å². The number of H-pyrrole nitrogens is 1. The molecule has 0 saturated carbocycles. The molecule has 2 rings (SSSR count). The number of hydrogen-bond acceptors (Lipinski definition) is 5. The van der Waals surface area contributed by atoms with Crippen LogP contribution in [0.3, 0.4) is 0 Å². The van der Waals surface area contributed by atoms with Crippen molar-refractivity contribution in [3.63, 3.8) is 0 Å². The largest absolute Gasteiger partial charge is 0.304 e. The molecule has 1 aromatic carbocycles. The van der Waals surface area contributed by atoms with Crippen LogP contribution in [0.2, 0.25) is 0 Å². The Balaban J connectivity index is 2.10. The lowest BCUT2D eigenvalue weighted by Gasteiger charge is -2.01. The van der Waals surface area contributed by atoms with Gasteiger partial charge < -0.3 is 4.98 Å². The number of rotatable bonds is 4. The molecule has 1 N–H and O–H groups in total. The predicted molar refractivity (Wildman–Crippen MR) is 67.5 cm³/mol. The number of halogens is 1. The van der Waals surface area contributed by atoms with Crippen molar-refractivity contribution in [2.75, 3.05) is 0 Å². The Kier molecular flexibility index (Phi) is 3.91. The molecule has 2 aromatic rings. The van der Waals surface area contributed by atoms with Gasteiger partial charge in [0, 0.05) is 24.1 Å². The maximum absolute atomic E-state index is 13.4. The average Bonchev–Trinajstić information content (AvgIpc) is 2.36. The Morgan fingerprint density at radius 3 is 2.84 bits per heavy atom. The van der Waals surface area contributed by atoms with Gasteiger partial charge in [-0.25, -0.2) is 4.98 Å². The zero-order valence-corrected chi connectivity index (χ0v) is 10.3. The predicted octanol–water partition coefficient (Wildman–Crippen LogP) is 2.11.